The average molecular weight is 379 g/mol. The van der Waals surface area contributed by atoms with Gasteiger partial charge in [-0.2, -0.15) is 14.6 Å². The fourth-order valence-corrected chi connectivity index (χ4v) is 2.93. The van der Waals surface area contributed by atoms with Crippen molar-refractivity contribution in [1.82, 2.24) is 24.9 Å². The monoisotopic (exact) mass is 379 g/mol. The summed E-state index contributed by atoms with van der Waals surface area (Å²) in [4.78, 5) is 21.3. The van der Waals surface area contributed by atoms with E-state index in [0.29, 0.717) is 22.7 Å². The number of carbonyl (C=O) groups excluding carboxylic acids is 1. The summed E-state index contributed by atoms with van der Waals surface area (Å²) < 4.78 is 19.9. The molecule has 1 N–H and O–H groups in total. The molecule has 0 fully saturated rings. The number of halogens is 1. The fourth-order valence-electron chi connectivity index (χ4n) is 2.93. The van der Waals surface area contributed by atoms with Crippen molar-refractivity contribution in [2.45, 2.75) is 25.8 Å². The quantitative estimate of drug-likeness (QED) is 0.556. The lowest BCUT2D eigenvalue weighted by Crippen LogP contribution is -2.34. The average Bonchev–Trinajstić information content (AvgIpc) is 3.37. The van der Waals surface area contributed by atoms with Crippen molar-refractivity contribution >= 4 is 11.7 Å². The molecular formula is C20H18FN5O2. The van der Waals surface area contributed by atoms with Crippen molar-refractivity contribution in [2.24, 2.45) is 0 Å². The van der Waals surface area contributed by atoms with Crippen LogP contribution in [-0.2, 0) is 6.42 Å². The number of rotatable bonds is 6. The number of amides is 1. The molecule has 4 aromatic rings. The molecule has 4 rings (SSSR count). The Balaban J connectivity index is 1.57. The van der Waals surface area contributed by atoms with E-state index >= 15 is 0 Å². The Morgan fingerprint density at radius 2 is 2.11 bits per heavy atom. The number of fused-ring (bicyclic) bond motifs is 1. The zero-order valence-corrected chi connectivity index (χ0v) is 15.2. The molecule has 3 heterocycles. The number of aromatic nitrogens is 4. The smallest absolute Gasteiger partial charge is 0.270 e. The van der Waals surface area contributed by atoms with Gasteiger partial charge in [0.05, 0.1) is 12.0 Å². The Hall–Kier alpha value is -3.55. The van der Waals surface area contributed by atoms with Crippen molar-refractivity contribution in [3.05, 3.63) is 72.3 Å². The SMILES string of the molecule is CC(CCc1ccco1)NC(=O)c1cc(-c2ccc(F)cc2)nc2ncnn12. The first-order valence-electron chi connectivity index (χ1n) is 8.90. The van der Waals surface area contributed by atoms with Crippen LogP contribution in [0.4, 0.5) is 4.39 Å². The highest BCUT2D eigenvalue weighted by atomic mass is 19.1. The van der Waals surface area contributed by atoms with E-state index in [2.05, 4.69) is 20.4 Å². The van der Waals surface area contributed by atoms with Gasteiger partial charge in [-0.1, -0.05) is 0 Å². The van der Waals surface area contributed by atoms with Crippen LogP contribution in [0.15, 0.2) is 59.5 Å². The third kappa shape index (κ3) is 3.75. The summed E-state index contributed by atoms with van der Waals surface area (Å²) in [5.74, 6) is 0.557. The Kier molecular flexibility index (Phi) is 4.84. The second-order valence-electron chi connectivity index (χ2n) is 6.50. The molecule has 0 aliphatic heterocycles. The molecule has 1 unspecified atom stereocenters. The van der Waals surface area contributed by atoms with Gasteiger partial charge in [0.1, 0.15) is 23.6 Å². The lowest BCUT2D eigenvalue weighted by Gasteiger charge is -2.14. The number of carbonyl (C=O) groups is 1. The van der Waals surface area contributed by atoms with Crippen LogP contribution in [0.5, 0.6) is 0 Å². The minimum atomic E-state index is -0.337. The molecule has 1 amide bonds. The molecule has 28 heavy (non-hydrogen) atoms. The van der Waals surface area contributed by atoms with Crippen LogP contribution >= 0.6 is 0 Å². The van der Waals surface area contributed by atoms with E-state index in [1.54, 1.807) is 24.5 Å². The summed E-state index contributed by atoms with van der Waals surface area (Å²) in [6.45, 7) is 1.93. The summed E-state index contributed by atoms with van der Waals surface area (Å²) >= 11 is 0. The molecule has 1 aromatic carbocycles. The summed E-state index contributed by atoms with van der Waals surface area (Å²) in [5.41, 5.74) is 1.52. The normalized spacial score (nSPS) is 12.2. The Bertz CT molecular complexity index is 1090. The molecule has 0 aliphatic carbocycles. The highest BCUT2D eigenvalue weighted by Gasteiger charge is 2.17. The van der Waals surface area contributed by atoms with Gasteiger partial charge in [0.25, 0.3) is 11.7 Å². The summed E-state index contributed by atoms with van der Waals surface area (Å²) in [6.07, 6.45) is 4.43. The number of hydrogen-bond acceptors (Lipinski definition) is 5. The van der Waals surface area contributed by atoms with Crippen LogP contribution in [0.25, 0.3) is 17.0 Å². The number of nitrogens with zero attached hydrogens (tertiary/aromatic N) is 4. The first-order chi connectivity index (χ1) is 13.6. The topological polar surface area (TPSA) is 85.3 Å². The molecule has 0 radical (unpaired) electrons. The fraction of sp³-hybridized carbons (Fsp3) is 0.200. The van der Waals surface area contributed by atoms with E-state index in [1.165, 1.54) is 23.0 Å². The van der Waals surface area contributed by atoms with E-state index in [4.69, 9.17) is 4.42 Å². The van der Waals surface area contributed by atoms with Crippen LogP contribution in [0.2, 0.25) is 0 Å². The molecule has 0 spiro atoms. The molecule has 0 bridgehead atoms. The molecular weight excluding hydrogens is 361 g/mol. The first kappa shape index (κ1) is 17.8. The van der Waals surface area contributed by atoms with Crippen LogP contribution < -0.4 is 5.32 Å². The lowest BCUT2D eigenvalue weighted by molar-refractivity contribution is 0.0930. The van der Waals surface area contributed by atoms with Gasteiger partial charge >= 0.3 is 0 Å². The molecule has 7 nitrogen and oxygen atoms in total. The number of furan rings is 1. The maximum Gasteiger partial charge on any atom is 0.270 e. The van der Waals surface area contributed by atoms with Gasteiger partial charge in [0.15, 0.2) is 0 Å². The molecule has 0 saturated heterocycles. The van der Waals surface area contributed by atoms with E-state index in [9.17, 15) is 9.18 Å². The second kappa shape index (κ2) is 7.59. The van der Waals surface area contributed by atoms with Gasteiger partial charge in [0, 0.05) is 18.0 Å². The summed E-state index contributed by atoms with van der Waals surface area (Å²) in [5, 5.41) is 7.06. The largest absolute Gasteiger partial charge is 0.469 e. The van der Waals surface area contributed by atoms with Gasteiger partial charge in [-0.25, -0.2) is 9.37 Å². The molecule has 1 atom stereocenters. The Morgan fingerprint density at radius 3 is 2.86 bits per heavy atom. The number of hydrogen-bond donors (Lipinski definition) is 1. The minimum Gasteiger partial charge on any atom is -0.469 e. The highest BCUT2D eigenvalue weighted by molar-refractivity contribution is 5.94. The van der Waals surface area contributed by atoms with Gasteiger partial charge in [-0.05, 0) is 55.8 Å². The van der Waals surface area contributed by atoms with Gasteiger partial charge in [0.2, 0.25) is 0 Å². The Morgan fingerprint density at radius 1 is 1.29 bits per heavy atom. The lowest BCUT2D eigenvalue weighted by atomic mass is 10.1. The van der Waals surface area contributed by atoms with Crippen molar-refractivity contribution in [1.29, 1.82) is 0 Å². The summed E-state index contributed by atoms with van der Waals surface area (Å²) in [7, 11) is 0. The molecule has 142 valence electrons. The van der Waals surface area contributed by atoms with Crippen LogP contribution in [0.3, 0.4) is 0 Å². The maximum absolute atomic E-state index is 13.2. The third-order valence-electron chi connectivity index (χ3n) is 4.41. The Labute approximate surface area is 160 Å². The molecule has 8 heteroatoms. The predicted octanol–water partition coefficient (Wildman–Crippen LogP) is 3.27. The molecule has 3 aromatic heterocycles. The number of aryl methyl sites for hydroxylation is 1. The minimum absolute atomic E-state index is 0.0707. The van der Waals surface area contributed by atoms with Crippen LogP contribution in [0, 0.1) is 5.82 Å². The van der Waals surface area contributed by atoms with Gasteiger partial charge < -0.3 is 9.73 Å². The van der Waals surface area contributed by atoms with E-state index in [0.717, 1.165) is 18.6 Å². The van der Waals surface area contributed by atoms with E-state index < -0.39 is 0 Å². The van der Waals surface area contributed by atoms with E-state index in [-0.39, 0.29) is 17.8 Å². The van der Waals surface area contributed by atoms with Crippen molar-refractivity contribution in [3.63, 3.8) is 0 Å². The van der Waals surface area contributed by atoms with Gasteiger partial charge in [-0.3, -0.25) is 4.79 Å². The summed E-state index contributed by atoms with van der Waals surface area (Å²) in [6, 6.07) is 11.2. The highest BCUT2D eigenvalue weighted by Crippen LogP contribution is 2.20. The standard InChI is InChI=1S/C20H18FN5O2/c1-13(4-9-16-3-2-10-28-16)24-19(27)18-11-17(14-5-7-15(21)8-6-14)25-20-22-12-23-26(18)20/h2-3,5-8,10-13H,4,9H2,1H3,(H,24,27). The zero-order chi connectivity index (χ0) is 19.5. The number of benzene rings is 1. The molecule has 0 aliphatic rings. The van der Waals surface area contributed by atoms with Crippen molar-refractivity contribution < 1.29 is 13.6 Å². The second-order valence-corrected chi connectivity index (χ2v) is 6.50. The van der Waals surface area contributed by atoms with Crippen LogP contribution in [-0.4, -0.2) is 31.5 Å². The zero-order valence-electron chi connectivity index (χ0n) is 15.2. The molecule has 0 saturated carbocycles. The van der Waals surface area contributed by atoms with E-state index in [1.807, 2.05) is 19.1 Å². The maximum atomic E-state index is 13.2. The van der Waals surface area contributed by atoms with Gasteiger partial charge in [-0.15, -0.1) is 0 Å². The van der Waals surface area contributed by atoms with Crippen molar-refractivity contribution in [2.75, 3.05) is 0 Å². The third-order valence-corrected chi connectivity index (χ3v) is 4.41. The first-order valence-corrected chi connectivity index (χ1v) is 8.90. The van der Waals surface area contributed by atoms with Crippen LogP contribution in [0.1, 0.15) is 29.6 Å². The number of nitrogens with one attached hydrogen (secondary N) is 1. The predicted molar refractivity (Wildman–Crippen MR) is 100 cm³/mol. The van der Waals surface area contributed by atoms with Crippen molar-refractivity contribution in [3.8, 4) is 11.3 Å².